The number of ketones is 1. The Hall–Kier alpha value is -3.50. The van der Waals surface area contributed by atoms with Gasteiger partial charge in [-0.2, -0.15) is 5.26 Å². The van der Waals surface area contributed by atoms with Gasteiger partial charge in [0.25, 0.3) is 0 Å². The standard InChI is InChI=1S/C20H16ClN3O4/c1-23-15-5-3-4-6-16(15)24(2)19(23)14(10-22)18(26)11-28-20(27)13-9-12(21)7-8-17(13)25/h3-9,25H,11H2,1-2H3. The molecule has 2 aromatic carbocycles. The number of nitriles is 1. The molecule has 0 bridgehead atoms. The van der Waals surface area contributed by atoms with Crippen LogP contribution in [0.3, 0.4) is 0 Å². The number of hydrogen-bond acceptors (Lipinski definition) is 7. The smallest absolute Gasteiger partial charge is 0.342 e. The number of aromatic hydroxyl groups is 1. The molecule has 0 fully saturated rings. The predicted molar refractivity (Wildman–Crippen MR) is 104 cm³/mol. The maximum Gasteiger partial charge on any atom is 0.342 e. The fourth-order valence-electron chi connectivity index (χ4n) is 3.01. The number of fused-ring (bicyclic) bond motifs is 1. The van der Waals surface area contributed by atoms with E-state index in [4.69, 9.17) is 16.3 Å². The average molecular weight is 398 g/mol. The summed E-state index contributed by atoms with van der Waals surface area (Å²) < 4.78 is 4.99. The van der Waals surface area contributed by atoms with Gasteiger partial charge in [-0.25, -0.2) is 4.79 Å². The quantitative estimate of drug-likeness (QED) is 0.481. The Morgan fingerprint density at radius 2 is 1.75 bits per heavy atom. The van der Waals surface area contributed by atoms with E-state index >= 15 is 0 Å². The number of hydrogen-bond donors (Lipinski definition) is 1. The lowest BCUT2D eigenvalue weighted by atomic mass is 10.1. The van der Waals surface area contributed by atoms with Crippen molar-refractivity contribution in [2.45, 2.75) is 0 Å². The fourth-order valence-corrected chi connectivity index (χ4v) is 3.18. The zero-order valence-corrected chi connectivity index (χ0v) is 15.9. The number of rotatable bonds is 4. The number of para-hydroxylation sites is 2. The maximum absolute atomic E-state index is 12.6. The van der Waals surface area contributed by atoms with E-state index in [0.29, 0.717) is 5.82 Å². The van der Waals surface area contributed by atoms with E-state index in [1.165, 1.54) is 18.2 Å². The van der Waals surface area contributed by atoms with Gasteiger partial charge in [0, 0.05) is 19.1 Å². The highest BCUT2D eigenvalue weighted by atomic mass is 35.5. The number of phenols is 1. The Morgan fingerprint density at radius 3 is 2.32 bits per heavy atom. The molecule has 1 aliphatic heterocycles. The average Bonchev–Trinajstić information content (AvgIpc) is 2.94. The van der Waals surface area contributed by atoms with E-state index in [1.807, 2.05) is 30.3 Å². The van der Waals surface area contributed by atoms with Crippen molar-refractivity contribution >= 4 is 34.7 Å². The zero-order valence-electron chi connectivity index (χ0n) is 15.1. The number of ether oxygens (including phenoxy) is 1. The zero-order chi connectivity index (χ0) is 20.4. The molecule has 0 saturated heterocycles. The van der Waals surface area contributed by atoms with Gasteiger partial charge in [-0.3, -0.25) is 4.79 Å². The van der Waals surface area contributed by atoms with Gasteiger partial charge in [-0.1, -0.05) is 23.7 Å². The Kier molecular flexibility index (Phi) is 5.25. The Bertz CT molecular complexity index is 1010. The minimum atomic E-state index is -0.910. The maximum atomic E-state index is 12.6. The monoisotopic (exact) mass is 397 g/mol. The van der Waals surface area contributed by atoms with Crippen molar-refractivity contribution in [2.75, 3.05) is 30.5 Å². The van der Waals surface area contributed by atoms with Gasteiger partial charge >= 0.3 is 5.97 Å². The number of halogens is 1. The summed E-state index contributed by atoms with van der Waals surface area (Å²) in [5.74, 6) is -1.48. The highest BCUT2D eigenvalue weighted by Crippen LogP contribution is 2.40. The van der Waals surface area contributed by atoms with E-state index in [1.54, 1.807) is 23.9 Å². The van der Waals surface area contributed by atoms with Crippen LogP contribution >= 0.6 is 11.6 Å². The molecule has 1 heterocycles. The number of nitrogens with zero attached hydrogens (tertiary/aromatic N) is 3. The SMILES string of the molecule is CN1C(=C(C#N)C(=O)COC(=O)c2cc(Cl)ccc2O)N(C)c2ccccc21. The van der Waals surface area contributed by atoms with Crippen LogP contribution in [-0.2, 0) is 9.53 Å². The second-order valence-electron chi connectivity index (χ2n) is 6.08. The highest BCUT2D eigenvalue weighted by Gasteiger charge is 2.31. The molecule has 0 radical (unpaired) electrons. The third-order valence-corrected chi connectivity index (χ3v) is 4.60. The van der Waals surface area contributed by atoms with E-state index in [2.05, 4.69) is 0 Å². The normalized spacial score (nSPS) is 12.4. The molecule has 0 atom stereocenters. The molecule has 0 unspecified atom stereocenters. The third kappa shape index (κ3) is 3.38. The highest BCUT2D eigenvalue weighted by molar-refractivity contribution is 6.31. The van der Waals surface area contributed by atoms with Crippen LogP contribution < -0.4 is 9.80 Å². The fraction of sp³-hybridized carbons (Fsp3) is 0.150. The van der Waals surface area contributed by atoms with Crippen molar-refractivity contribution in [3.8, 4) is 11.8 Å². The molecule has 8 heteroatoms. The number of phenolic OH excluding ortho intramolecular Hbond substituents is 1. The first-order chi connectivity index (χ1) is 13.3. The van der Waals surface area contributed by atoms with Crippen molar-refractivity contribution < 1.29 is 19.4 Å². The number of carbonyl (C=O) groups is 2. The van der Waals surface area contributed by atoms with Crippen LogP contribution in [0.2, 0.25) is 5.02 Å². The van der Waals surface area contributed by atoms with Gasteiger partial charge < -0.3 is 19.6 Å². The Morgan fingerprint density at radius 1 is 1.14 bits per heavy atom. The first-order valence-corrected chi connectivity index (χ1v) is 8.62. The minimum absolute atomic E-state index is 0.135. The van der Waals surface area contributed by atoms with Crippen LogP contribution in [0.25, 0.3) is 0 Å². The molecule has 0 spiro atoms. The van der Waals surface area contributed by atoms with Gasteiger partial charge in [0.2, 0.25) is 5.78 Å². The summed E-state index contributed by atoms with van der Waals surface area (Å²) in [5, 5.41) is 19.5. The summed E-state index contributed by atoms with van der Waals surface area (Å²) >= 11 is 5.81. The van der Waals surface area contributed by atoms with Gasteiger partial charge in [0.1, 0.15) is 28.8 Å². The van der Waals surface area contributed by atoms with Gasteiger partial charge in [-0.15, -0.1) is 0 Å². The van der Waals surface area contributed by atoms with Crippen LogP contribution in [0.5, 0.6) is 5.75 Å². The van der Waals surface area contributed by atoms with E-state index < -0.39 is 18.4 Å². The summed E-state index contributed by atoms with van der Waals surface area (Å²) in [7, 11) is 3.50. The van der Waals surface area contributed by atoms with Crippen molar-refractivity contribution in [1.29, 1.82) is 5.26 Å². The molecule has 2 aromatic rings. The number of carbonyl (C=O) groups excluding carboxylic acids is 2. The number of anilines is 2. The molecule has 0 amide bonds. The molecule has 7 nitrogen and oxygen atoms in total. The molecule has 0 aliphatic carbocycles. The lowest BCUT2D eigenvalue weighted by molar-refractivity contribution is -0.118. The summed E-state index contributed by atoms with van der Waals surface area (Å²) in [5.41, 5.74) is 1.40. The minimum Gasteiger partial charge on any atom is -0.507 e. The first-order valence-electron chi connectivity index (χ1n) is 8.25. The Labute approximate surface area is 166 Å². The van der Waals surface area contributed by atoms with E-state index in [9.17, 15) is 20.0 Å². The second kappa shape index (κ2) is 7.62. The number of Topliss-reactive ketones (excluding diaryl/α,β-unsaturated/α-hetero) is 1. The lowest BCUT2D eigenvalue weighted by Crippen LogP contribution is -2.27. The first kappa shape index (κ1) is 19.3. The third-order valence-electron chi connectivity index (χ3n) is 4.37. The molecule has 0 saturated carbocycles. The second-order valence-corrected chi connectivity index (χ2v) is 6.51. The summed E-state index contributed by atoms with van der Waals surface area (Å²) in [4.78, 5) is 28.2. The van der Waals surface area contributed by atoms with Crippen molar-refractivity contribution in [3.63, 3.8) is 0 Å². The van der Waals surface area contributed by atoms with E-state index in [0.717, 1.165) is 11.4 Å². The molecule has 1 aliphatic rings. The van der Waals surface area contributed by atoms with Crippen LogP contribution in [0.15, 0.2) is 53.9 Å². The molecular formula is C20H16ClN3O4. The van der Waals surface area contributed by atoms with E-state index in [-0.39, 0.29) is 21.9 Å². The molecule has 3 rings (SSSR count). The van der Waals surface area contributed by atoms with Crippen LogP contribution in [0, 0.1) is 11.3 Å². The van der Waals surface area contributed by atoms with Gasteiger partial charge in [-0.05, 0) is 30.3 Å². The van der Waals surface area contributed by atoms with Crippen molar-refractivity contribution in [3.05, 3.63) is 64.4 Å². The molecule has 142 valence electrons. The topological polar surface area (TPSA) is 93.9 Å². The molecule has 0 aromatic heterocycles. The molecule has 28 heavy (non-hydrogen) atoms. The molecule has 1 N–H and O–H groups in total. The Balaban J connectivity index is 1.82. The van der Waals surface area contributed by atoms with Crippen LogP contribution in [-0.4, -0.2) is 37.6 Å². The predicted octanol–water partition coefficient (Wildman–Crippen LogP) is 3.09. The van der Waals surface area contributed by atoms with Crippen LogP contribution in [0.4, 0.5) is 11.4 Å². The van der Waals surface area contributed by atoms with Crippen molar-refractivity contribution in [2.24, 2.45) is 0 Å². The number of esters is 1. The largest absolute Gasteiger partial charge is 0.507 e. The van der Waals surface area contributed by atoms with Gasteiger partial charge in [0.05, 0.1) is 11.4 Å². The van der Waals surface area contributed by atoms with Crippen molar-refractivity contribution in [1.82, 2.24) is 0 Å². The van der Waals surface area contributed by atoms with Crippen LogP contribution in [0.1, 0.15) is 10.4 Å². The molecular weight excluding hydrogens is 382 g/mol. The summed E-state index contributed by atoms with van der Waals surface area (Å²) in [6.07, 6.45) is 0. The number of benzene rings is 2. The lowest BCUT2D eigenvalue weighted by Gasteiger charge is -2.19. The summed E-state index contributed by atoms with van der Waals surface area (Å²) in [6, 6.07) is 13.3. The summed E-state index contributed by atoms with van der Waals surface area (Å²) in [6.45, 7) is -0.644. The van der Waals surface area contributed by atoms with Gasteiger partial charge in [0.15, 0.2) is 6.61 Å².